The van der Waals surface area contributed by atoms with E-state index in [1.807, 2.05) is 0 Å². The van der Waals surface area contributed by atoms with Crippen LogP contribution < -0.4 is 5.32 Å². The van der Waals surface area contributed by atoms with Crippen LogP contribution in [0.1, 0.15) is 12.8 Å². The average Bonchev–Trinajstić information content (AvgIpc) is 2.42. The molecule has 21 heavy (non-hydrogen) atoms. The summed E-state index contributed by atoms with van der Waals surface area (Å²) in [7, 11) is 0. The van der Waals surface area contributed by atoms with E-state index < -0.39 is 23.7 Å². The monoisotopic (exact) mass is 319 g/mol. The highest BCUT2D eigenvalue weighted by atomic mass is 32.2. The summed E-state index contributed by atoms with van der Waals surface area (Å²) in [5.41, 5.74) is 0. The van der Waals surface area contributed by atoms with Gasteiger partial charge in [0.1, 0.15) is 0 Å². The SMILES string of the molecule is O=C(CCSc1ccc(F)c(F)c1)NCCC(O)C(=O)O. The molecule has 1 atom stereocenters. The second-order valence-corrected chi connectivity index (χ2v) is 5.34. The van der Waals surface area contributed by atoms with Crippen molar-refractivity contribution in [3.05, 3.63) is 29.8 Å². The van der Waals surface area contributed by atoms with E-state index in [9.17, 15) is 18.4 Å². The van der Waals surface area contributed by atoms with Gasteiger partial charge in [-0.15, -0.1) is 11.8 Å². The molecule has 1 aromatic carbocycles. The normalized spacial score (nSPS) is 12.0. The van der Waals surface area contributed by atoms with E-state index in [4.69, 9.17) is 10.2 Å². The van der Waals surface area contributed by atoms with Crippen molar-refractivity contribution in [2.24, 2.45) is 0 Å². The molecule has 8 heteroatoms. The molecule has 3 N–H and O–H groups in total. The molecular formula is C13H15F2NO4S. The third-order valence-corrected chi connectivity index (χ3v) is 3.51. The van der Waals surface area contributed by atoms with Crippen molar-refractivity contribution in [3.8, 4) is 0 Å². The number of amides is 1. The Morgan fingerprint density at radius 2 is 2.00 bits per heavy atom. The number of hydrogen-bond donors (Lipinski definition) is 3. The Morgan fingerprint density at radius 3 is 2.62 bits per heavy atom. The number of nitrogens with one attached hydrogen (secondary N) is 1. The molecule has 1 rings (SSSR count). The lowest BCUT2D eigenvalue weighted by Crippen LogP contribution is -2.30. The van der Waals surface area contributed by atoms with Gasteiger partial charge in [0.25, 0.3) is 0 Å². The number of rotatable bonds is 8. The molecule has 0 aliphatic rings. The number of aliphatic hydroxyl groups is 1. The van der Waals surface area contributed by atoms with Gasteiger partial charge in [-0.25, -0.2) is 13.6 Å². The largest absolute Gasteiger partial charge is 0.479 e. The molecule has 5 nitrogen and oxygen atoms in total. The highest BCUT2D eigenvalue weighted by molar-refractivity contribution is 7.99. The van der Waals surface area contributed by atoms with Crippen molar-refractivity contribution < 1.29 is 28.6 Å². The second-order valence-electron chi connectivity index (χ2n) is 4.17. The molecule has 0 spiro atoms. The van der Waals surface area contributed by atoms with E-state index in [0.717, 1.165) is 12.1 Å². The second kappa shape index (κ2) is 8.58. The van der Waals surface area contributed by atoms with Crippen LogP contribution in [0, 0.1) is 11.6 Å². The Balaban J connectivity index is 2.21. The Bertz CT molecular complexity index is 513. The predicted octanol–water partition coefficient (Wildman–Crippen LogP) is 1.40. The summed E-state index contributed by atoms with van der Waals surface area (Å²) in [5, 5.41) is 19.9. The van der Waals surface area contributed by atoms with Crippen LogP contribution in [0.3, 0.4) is 0 Å². The van der Waals surface area contributed by atoms with Crippen LogP contribution >= 0.6 is 11.8 Å². The number of thioether (sulfide) groups is 1. The average molecular weight is 319 g/mol. The summed E-state index contributed by atoms with van der Waals surface area (Å²) in [6, 6.07) is 3.50. The summed E-state index contributed by atoms with van der Waals surface area (Å²) >= 11 is 1.21. The van der Waals surface area contributed by atoms with Crippen LogP contribution in [0.5, 0.6) is 0 Å². The minimum Gasteiger partial charge on any atom is -0.479 e. The van der Waals surface area contributed by atoms with E-state index in [0.29, 0.717) is 10.6 Å². The van der Waals surface area contributed by atoms with Crippen molar-refractivity contribution in [1.29, 1.82) is 0 Å². The summed E-state index contributed by atoms with van der Waals surface area (Å²) in [6.07, 6.45) is -1.42. The Hall–Kier alpha value is -1.67. The number of halogens is 2. The van der Waals surface area contributed by atoms with Gasteiger partial charge >= 0.3 is 5.97 Å². The smallest absolute Gasteiger partial charge is 0.332 e. The number of carboxylic acid groups (broad SMARTS) is 1. The zero-order valence-corrected chi connectivity index (χ0v) is 11.8. The lowest BCUT2D eigenvalue weighted by atomic mass is 10.2. The van der Waals surface area contributed by atoms with E-state index in [1.165, 1.54) is 17.8 Å². The van der Waals surface area contributed by atoms with Gasteiger partial charge in [-0.2, -0.15) is 0 Å². The fourth-order valence-electron chi connectivity index (χ4n) is 1.39. The van der Waals surface area contributed by atoms with Gasteiger partial charge in [-0.3, -0.25) is 4.79 Å². The Morgan fingerprint density at radius 1 is 1.29 bits per heavy atom. The Kier molecular flexibility index (Phi) is 7.10. The topological polar surface area (TPSA) is 86.6 Å². The van der Waals surface area contributed by atoms with Crippen molar-refractivity contribution in [2.75, 3.05) is 12.3 Å². The fourth-order valence-corrected chi connectivity index (χ4v) is 2.26. The molecular weight excluding hydrogens is 304 g/mol. The van der Waals surface area contributed by atoms with Gasteiger partial charge < -0.3 is 15.5 Å². The number of aliphatic hydroxyl groups excluding tert-OH is 1. The molecule has 0 bridgehead atoms. The summed E-state index contributed by atoms with van der Waals surface area (Å²) in [5.74, 6) is -3.12. The molecule has 0 saturated heterocycles. The summed E-state index contributed by atoms with van der Waals surface area (Å²) in [4.78, 5) is 22.3. The van der Waals surface area contributed by atoms with Gasteiger partial charge in [0.15, 0.2) is 17.7 Å². The molecule has 0 fully saturated rings. The summed E-state index contributed by atoms with van der Waals surface area (Å²) in [6.45, 7) is 0.0577. The zero-order valence-electron chi connectivity index (χ0n) is 11.0. The van der Waals surface area contributed by atoms with Crippen molar-refractivity contribution in [2.45, 2.75) is 23.8 Å². The fraction of sp³-hybridized carbons (Fsp3) is 0.385. The molecule has 0 aromatic heterocycles. The number of carbonyl (C=O) groups excluding carboxylic acids is 1. The predicted molar refractivity (Wildman–Crippen MR) is 73.0 cm³/mol. The lowest BCUT2D eigenvalue weighted by molar-refractivity contribution is -0.147. The van der Waals surface area contributed by atoms with Crippen LogP contribution in [-0.4, -0.2) is 40.5 Å². The number of benzene rings is 1. The first-order valence-electron chi connectivity index (χ1n) is 6.15. The minimum atomic E-state index is -1.50. The molecule has 0 radical (unpaired) electrons. The first-order valence-corrected chi connectivity index (χ1v) is 7.14. The van der Waals surface area contributed by atoms with Gasteiger partial charge in [0.2, 0.25) is 5.91 Å². The van der Waals surface area contributed by atoms with Gasteiger partial charge in [0.05, 0.1) is 0 Å². The summed E-state index contributed by atoms with van der Waals surface area (Å²) < 4.78 is 25.6. The van der Waals surface area contributed by atoms with E-state index in [-0.39, 0.29) is 25.3 Å². The van der Waals surface area contributed by atoms with Crippen LogP contribution in [0.25, 0.3) is 0 Å². The Labute approximate surface area is 124 Å². The molecule has 0 aliphatic carbocycles. The van der Waals surface area contributed by atoms with Crippen LogP contribution in [0.2, 0.25) is 0 Å². The van der Waals surface area contributed by atoms with Gasteiger partial charge in [-0.05, 0) is 18.2 Å². The van der Waals surface area contributed by atoms with E-state index in [2.05, 4.69) is 5.32 Å². The van der Waals surface area contributed by atoms with Crippen molar-refractivity contribution in [1.82, 2.24) is 5.32 Å². The lowest BCUT2D eigenvalue weighted by Gasteiger charge is -2.07. The molecule has 116 valence electrons. The van der Waals surface area contributed by atoms with Gasteiger partial charge in [0, 0.05) is 30.0 Å². The highest BCUT2D eigenvalue weighted by Gasteiger charge is 2.12. The maximum atomic E-state index is 12.9. The van der Waals surface area contributed by atoms with Crippen LogP contribution in [0.4, 0.5) is 8.78 Å². The van der Waals surface area contributed by atoms with Crippen LogP contribution in [-0.2, 0) is 9.59 Å². The van der Waals surface area contributed by atoms with E-state index >= 15 is 0 Å². The highest BCUT2D eigenvalue weighted by Crippen LogP contribution is 2.20. The first kappa shape index (κ1) is 17.4. The maximum Gasteiger partial charge on any atom is 0.332 e. The van der Waals surface area contributed by atoms with Crippen LogP contribution in [0.15, 0.2) is 23.1 Å². The minimum absolute atomic E-state index is 0.0577. The zero-order chi connectivity index (χ0) is 15.8. The molecule has 0 aliphatic heterocycles. The third kappa shape index (κ3) is 6.54. The first-order chi connectivity index (χ1) is 9.90. The number of carboxylic acids is 1. The van der Waals surface area contributed by atoms with Crippen molar-refractivity contribution >= 4 is 23.6 Å². The maximum absolute atomic E-state index is 12.9. The van der Waals surface area contributed by atoms with E-state index in [1.54, 1.807) is 0 Å². The third-order valence-electron chi connectivity index (χ3n) is 2.51. The number of aliphatic carboxylic acids is 1. The van der Waals surface area contributed by atoms with Crippen molar-refractivity contribution in [3.63, 3.8) is 0 Å². The quantitative estimate of drug-likeness (QED) is 0.631. The molecule has 1 aromatic rings. The molecule has 1 unspecified atom stereocenters. The molecule has 0 saturated carbocycles. The molecule has 1 amide bonds. The standard InChI is InChI=1S/C13H15F2NO4S/c14-9-2-1-8(7-10(9)15)21-6-4-12(18)16-5-3-11(17)13(19)20/h1-2,7,11,17H,3-6H2,(H,16,18)(H,19,20). The molecule has 0 heterocycles. The van der Waals surface area contributed by atoms with Gasteiger partial charge in [-0.1, -0.05) is 0 Å². The number of carbonyl (C=O) groups is 2. The number of hydrogen-bond acceptors (Lipinski definition) is 4.